The number of aromatic nitrogens is 1. The zero-order valence-electron chi connectivity index (χ0n) is 13.9. The molecule has 0 saturated heterocycles. The van der Waals surface area contributed by atoms with Gasteiger partial charge in [-0.3, -0.25) is 4.79 Å². The molecule has 0 aliphatic rings. The van der Waals surface area contributed by atoms with Crippen molar-refractivity contribution in [2.75, 3.05) is 19.8 Å². The van der Waals surface area contributed by atoms with Gasteiger partial charge < -0.3 is 19.3 Å². The van der Waals surface area contributed by atoms with Crippen LogP contribution in [0.25, 0.3) is 0 Å². The standard InChI is InChI=1S/C17H20N2O5/c1-11-4-5-14(12(2)8-11)22-7-6-18-16(20)10-23-17(21)15-9-13(3)19-24-15/h4-5,8-9H,6-7,10H2,1-3H3,(H,18,20). The third kappa shape index (κ3) is 5.12. The van der Waals surface area contributed by atoms with Crippen LogP contribution < -0.4 is 10.1 Å². The first-order valence-corrected chi connectivity index (χ1v) is 7.53. The van der Waals surface area contributed by atoms with Crippen LogP contribution in [0, 0.1) is 20.8 Å². The lowest BCUT2D eigenvalue weighted by Gasteiger charge is -2.10. The summed E-state index contributed by atoms with van der Waals surface area (Å²) in [6.07, 6.45) is 0. The fourth-order valence-electron chi connectivity index (χ4n) is 2.03. The summed E-state index contributed by atoms with van der Waals surface area (Å²) in [6.45, 7) is 5.91. The van der Waals surface area contributed by atoms with Gasteiger partial charge in [0.05, 0.1) is 12.2 Å². The summed E-state index contributed by atoms with van der Waals surface area (Å²) in [5.41, 5.74) is 2.77. The molecule has 0 aliphatic carbocycles. The Kier molecular flexibility index (Phi) is 5.95. The number of hydrogen-bond donors (Lipinski definition) is 1. The summed E-state index contributed by atoms with van der Waals surface area (Å²) in [5.74, 6) is -0.387. The van der Waals surface area contributed by atoms with E-state index in [1.54, 1.807) is 6.92 Å². The van der Waals surface area contributed by atoms with Crippen LogP contribution in [0.1, 0.15) is 27.4 Å². The number of benzene rings is 1. The number of carbonyl (C=O) groups is 2. The predicted octanol–water partition coefficient (Wildman–Crippen LogP) is 1.95. The third-order valence-electron chi connectivity index (χ3n) is 3.18. The maximum atomic E-state index is 11.6. The minimum absolute atomic E-state index is 0.0292. The Morgan fingerprint density at radius 1 is 1.21 bits per heavy atom. The third-order valence-corrected chi connectivity index (χ3v) is 3.18. The van der Waals surface area contributed by atoms with Crippen LogP contribution in [0.4, 0.5) is 0 Å². The number of rotatable bonds is 7. The van der Waals surface area contributed by atoms with Crippen molar-refractivity contribution in [3.8, 4) is 5.75 Å². The first-order chi connectivity index (χ1) is 11.5. The van der Waals surface area contributed by atoms with Gasteiger partial charge in [-0.05, 0) is 32.4 Å². The molecule has 1 aromatic carbocycles. The number of carbonyl (C=O) groups excluding carboxylic acids is 2. The van der Waals surface area contributed by atoms with Crippen molar-refractivity contribution < 1.29 is 23.6 Å². The summed E-state index contributed by atoms with van der Waals surface area (Å²) in [4.78, 5) is 23.2. The molecule has 0 spiro atoms. The number of aryl methyl sites for hydroxylation is 3. The molecule has 128 valence electrons. The van der Waals surface area contributed by atoms with Crippen LogP contribution in [0.3, 0.4) is 0 Å². The van der Waals surface area contributed by atoms with E-state index in [0.29, 0.717) is 18.8 Å². The van der Waals surface area contributed by atoms with Crippen LogP contribution in [0.2, 0.25) is 0 Å². The van der Waals surface area contributed by atoms with E-state index in [0.717, 1.165) is 16.9 Å². The van der Waals surface area contributed by atoms with E-state index in [4.69, 9.17) is 14.0 Å². The smallest absolute Gasteiger partial charge is 0.377 e. The summed E-state index contributed by atoms with van der Waals surface area (Å²) >= 11 is 0. The van der Waals surface area contributed by atoms with E-state index in [-0.39, 0.29) is 12.4 Å². The normalized spacial score (nSPS) is 10.3. The highest BCUT2D eigenvalue weighted by Gasteiger charge is 2.14. The van der Waals surface area contributed by atoms with E-state index >= 15 is 0 Å². The molecule has 2 aromatic rings. The van der Waals surface area contributed by atoms with E-state index < -0.39 is 11.9 Å². The quantitative estimate of drug-likeness (QED) is 0.615. The Morgan fingerprint density at radius 3 is 2.67 bits per heavy atom. The van der Waals surface area contributed by atoms with Crippen molar-refractivity contribution in [2.24, 2.45) is 0 Å². The monoisotopic (exact) mass is 332 g/mol. The molecule has 1 amide bonds. The molecular formula is C17H20N2O5. The molecule has 0 unspecified atom stereocenters. The van der Waals surface area contributed by atoms with Gasteiger partial charge >= 0.3 is 5.97 Å². The Balaban J connectivity index is 1.65. The molecule has 24 heavy (non-hydrogen) atoms. The van der Waals surface area contributed by atoms with E-state index in [9.17, 15) is 9.59 Å². The molecule has 2 rings (SSSR count). The lowest BCUT2D eigenvalue weighted by Crippen LogP contribution is -2.32. The Labute approximate surface area is 139 Å². The number of hydrogen-bond acceptors (Lipinski definition) is 6. The minimum Gasteiger partial charge on any atom is -0.491 e. The van der Waals surface area contributed by atoms with Crippen molar-refractivity contribution in [2.45, 2.75) is 20.8 Å². The Hall–Kier alpha value is -2.83. The molecule has 7 nitrogen and oxygen atoms in total. The lowest BCUT2D eigenvalue weighted by molar-refractivity contribution is -0.124. The second kappa shape index (κ2) is 8.14. The summed E-state index contributed by atoms with van der Waals surface area (Å²) < 4.78 is 15.2. The highest BCUT2D eigenvalue weighted by molar-refractivity contribution is 5.88. The molecule has 0 aliphatic heterocycles. The van der Waals surface area contributed by atoms with Gasteiger partial charge in [0.1, 0.15) is 12.4 Å². The van der Waals surface area contributed by atoms with E-state index in [2.05, 4.69) is 10.5 Å². The van der Waals surface area contributed by atoms with Gasteiger partial charge in [0.2, 0.25) is 5.76 Å². The lowest BCUT2D eigenvalue weighted by atomic mass is 10.1. The van der Waals surface area contributed by atoms with Crippen LogP contribution in [-0.2, 0) is 9.53 Å². The molecule has 7 heteroatoms. The second-order valence-corrected chi connectivity index (χ2v) is 5.38. The molecule has 1 N–H and O–H groups in total. The van der Waals surface area contributed by atoms with Crippen molar-refractivity contribution in [1.29, 1.82) is 0 Å². The van der Waals surface area contributed by atoms with Crippen LogP contribution in [-0.4, -0.2) is 36.8 Å². The van der Waals surface area contributed by atoms with Crippen molar-refractivity contribution in [3.63, 3.8) is 0 Å². The largest absolute Gasteiger partial charge is 0.491 e. The molecule has 0 radical (unpaired) electrons. The van der Waals surface area contributed by atoms with Crippen molar-refractivity contribution in [1.82, 2.24) is 10.5 Å². The number of esters is 1. The van der Waals surface area contributed by atoms with Crippen LogP contribution in [0.5, 0.6) is 5.75 Å². The number of amides is 1. The zero-order chi connectivity index (χ0) is 17.5. The predicted molar refractivity (Wildman–Crippen MR) is 85.9 cm³/mol. The summed E-state index contributed by atoms with van der Waals surface area (Å²) in [7, 11) is 0. The fourth-order valence-corrected chi connectivity index (χ4v) is 2.03. The number of nitrogens with zero attached hydrogens (tertiary/aromatic N) is 1. The van der Waals surface area contributed by atoms with Crippen LogP contribution in [0.15, 0.2) is 28.8 Å². The first kappa shape index (κ1) is 17.5. The molecule has 1 aromatic heterocycles. The summed E-state index contributed by atoms with van der Waals surface area (Å²) in [5, 5.41) is 6.18. The average molecular weight is 332 g/mol. The SMILES string of the molecule is Cc1ccc(OCCNC(=O)COC(=O)c2cc(C)no2)c(C)c1. The van der Waals surface area contributed by atoms with Crippen LogP contribution >= 0.6 is 0 Å². The maximum Gasteiger partial charge on any atom is 0.377 e. The summed E-state index contributed by atoms with van der Waals surface area (Å²) in [6, 6.07) is 7.33. The molecule has 0 fully saturated rings. The van der Waals surface area contributed by atoms with Gasteiger partial charge in [-0.1, -0.05) is 22.9 Å². The average Bonchev–Trinajstić information content (AvgIpc) is 2.97. The highest BCUT2D eigenvalue weighted by Crippen LogP contribution is 2.18. The van der Waals surface area contributed by atoms with Crippen molar-refractivity contribution >= 4 is 11.9 Å². The van der Waals surface area contributed by atoms with Gasteiger partial charge in [0.25, 0.3) is 5.91 Å². The van der Waals surface area contributed by atoms with Gasteiger partial charge in [0.15, 0.2) is 6.61 Å². The molecule has 1 heterocycles. The van der Waals surface area contributed by atoms with Gasteiger partial charge in [-0.15, -0.1) is 0 Å². The fraction of sp³-hybridized carbons (Fsp3) is 0.353. The Morgan fingerprint density at radius 2 is 2.00 bits per heavy atom. The molecule has 0 bridgehead atoms. The number of ether oxygens (including phenoxy) is 2. The van der Waals surface area contributed by atoms with Gasteiger partial charge in [-0.2, -0.15) is 0 Å². The van der Waals surface area contributed by atoms with Gasteiger partial charge in [-0.25, -0.2) is 4.79 Å². The van der Waals surface area contributed by atoms with E-state index in [1.165, 1.54) is 6.07 Å². The van der Waals surface area contributed by atoms with Crippen molar-refractivity contribution in [3.05, 3.63) is 46.8 Å². The van der Waals surface area contributed by atoms with Gasteiger partial charge in [0, 0.05) is 6.07 Å². The van der Waals surface area contributed by atoms with E-state index in [1.807, 2.05) is 32.0 Å². The highest BCUT2D eigenvalue weighted by atomic mass is 16.6. The first-order valence-electron chi connectivity index (χ1n) is 7.53. The zero-order valence-corrected chi connectivity index (χ0v) is 13.9. The molecule has 0 saturated carbocycles. The second-order valence-electron chi connectivity index (χ2n) is 5.38. The molecule has 0 atom stereocenters. The topological polar surface area (TPSA) is 90.7 Å². The minimum atomic E-state index is -0.725. The molecular weight excluding hydrogens is 312 g/mol. The Bertz CT molecular complexity index is 724. The maximum absolute atomic E-state index is 11.6. The number of nitrogens with one attached hydrogen (secondary N) is 1.